The van der Waals surface area contributed by atoms with E-state index in [0.717, 1.165) is 41.8 Å². The van der Waals surface area contributed by atoms with Crippen LogP contribution in [0, 0.1) is 11.8 Å². The van der Waals surface area contributed by atoms with E-state index in [1.165, 1.54) is 6.33 Å². The SMILES string of the molecule is COc1ccc(C#Cc2ccc([C@H]3[C@H](CO)N4CCCCN(S(=O)(=O)c5cn(C)cn5)C[C@@H]34)cc2)cc1. The van der Waals surface area contributed by atoms with E-state index in [9.17, 15) is 13.5 Å². The van der Waals surface area contributed by atoms with Crippen LogP contribution in [0.3, 0.4) is 0 Å². The van der Waals surface area contributed by atoms with Crippen molar-refractivity contribution >= 4 is 10.0 Å². The number of aryl methyl sites for hydroxylation is 1. The minimum atomic E-state index is -3.69. The summed E-state index contributed by atoms with van der Waals surface area (Å²) >= 11 is 0. The highest BCUT2D eigenvalue weighted by molar-refractivity contribution is 7.89. The van der Waals surface area contributed by atoms with Gasteiger partial charge in [0.1, 0.15) is 5.75 Å². The number of sulfonamides is 1. The fourth-order valence-electron chi connectivity index (χ4n) is 5.39. The molecule has 0 amide bonds. The zero-order chi connectivity index (χ0) is 26.0. The molecule has 0 aliphatic carbocycles. The summed E-state index contributed by atoms with van der Waals surface area (Å²) in [7, 11) is -0.291. The van der Waals surface area contributed by atoms with Gasteiger partial charge in [0.15, 0.2) is 5.03 Å². The number of ether oxygens (including phenoxy) is 1. The number of aliphatic hydroxyl groups excluding tert-OH is 1. The van der Waals surface area contributed by atoms with Crippen LogP contribution in [0.4, 0.5) is 0 Å². The van der Waals surface area contributed by atoms with Gasteiger partial charge >= 0.3 is 0 Å². The van der Waals surface area contributed by atoms with E-state index in [1.807, 2.05) is 36.4 Å². The first kappa shape index (κ1) is 25.5. The predicted molar refractivity (Wildman–Crippen MR) is 141 cm³/mol. The average molecular weight is 521 g/mol. The number of imidazole rings is 1. The molecule has 1 aromatic heterocycles. The van der Waals surface area contributed by atoms with Gasteiger partial charge in [-0.3, -0.25) is 4.90 Å². The van der Waals surface area contributed by atoms with Gasteiger partial charge in [-0.1, -0.05) is 24.0 Å². The molecule has 194 valence electrons. The molecule has 1 N–H and O–H groups in total. The zero-order valence-electron chi connectivity index (χ0n) is 21.1. The Morgan fingerprint density at radius 3 is 2.27 bits per heavy atom. The van der Waals surface area contributed by atoms with Gasteiger partial charge in [0.25, 0.3) is 10.0 Å². The maximum absolute atomic E-state index is 13.4. The van der Waals surface area contributed by atoms with Crippen molar-refractivity contribution in [3.05, 3.63) is 77.7 Å². The van der Waals surface area contributed by atoms with Crippen LogP contribution in [0.25, 0.3) is 0 Å². The van der Waals surface area contributed by atoms with Crippen LogP contribution < -0.4 is 4.74 Å². The van der Waals surface area contributed by atoms with E-state index in [1.54, 1.807) is 29.2 Å². The van der Waals surface area contributed by atoms with Crippen LogP contribution in [-0.4, -0.2) is 77.7 Å². The van der Waals surface area contributed by atoms with Gasteiger partial charge in [0.2, 0.25) is 0 Å². The van der Waals surface area contributed by atoms with Crippen molar-refractivity contribution in [2.24, 2.45) is 7.05 Å². The summed E-state index contributed by atoms with van der Waals surface area (Å²) in [5.74, 6) is 7.20. The van der Waals surface area contributed by atoms with E-state index >= 15 is 0 Å². The lowest BCUT2D eigenvalue weighted by molar-refractivity contribution is -0.0554. The molecule has 3 heterocycles. The zero-order valence-corrected chi connectivity index (χ0v) is 21.9. The lowest BCUT2D eigenvalue weighted by Gasteiger charge is -2.57. The standard InChI is InChI=1S/C28H32N4O4S/c1-30-18-27(29-20-30)37(34,35)31-15-3-4-16-32-25(17-31)28(26(32)19-33)23-11-7-21(8-12-23)5-6-22-9-13-24(36-2)14-10-22/h7-14,18,20,25-26,28,33H,3-4,15-17,19H2,1-2H3/t25-,26-,28+/m0/s1. The molecule has 0 radical (unpaired) electrons. The summed E-state index contributed by atoms with van der Waals surface area (Å²) < 4.78 is 35.1. The maximum atomic E-state index is 13.4. The number of hydrogen-bond donors (Lipinski definition) is 1. The Balaban J connectivity index is 1.36. The molecule has 0 saturated carbocycles. The third kappa shape index (κ3) is 5.15. The van der Waals surface area contributed by atoms with Crippen LogP contribution in [0.1, 0.15) is 35.4 Å². The van der Waals surface area contributed by atoms with Crippen molar-refractivity contribution in [1.82, 2.24) is 18.8 Å². The van der Waals surface area contributed by atoms with Gasteiger partial charge in [-0.2, -0.15) is 4.31 Å². The topological polar surface area (TPSA) is 87.9 Å². The van der Waals surface area contributed by atoms with E-state index in [2.05, 4.69) is 33.9 Å². The highest BCUT2D eigenvalue weighted by atomic mass is 32.2. The Morgan fingerprint density at radius 2 is 1.68 bits per heavy atom. The summed E-state index contributed by atoms with van der Waals surface area (Å²) in [4.78, 5) is 6.37. The third-order valence-electron chi connectivity index (χ3n) is 7.35. The Morgan fingerprint density at radius 1 is 1.03 bits per heavy atom. The molecule has 0 unspecified atom stereocenters. The van der Waals surface area contributed by atoms with Gasteiger partial charge < -0.3 is 14.4 Å². The van der Waals surface area contributed by atoms with Crippen molar-refractivity contribution < 1.29 is 18.3 Å². The quantitative estimate of drug-likeness (QED) is 0.520. The summed E-state index contributed by atoms with van der Waals surface area (Å²) in [5.41, 5.74) is 2.89. The van der Waals surface area contributed by atoms with Gasteiger partial charge in [-0.25, -0.2) is 13.4 Å². The van der Waals surface area contributed by atoms with Crippen molar-refractivity contribution in [2.45, 2.75) is 35.9 Å². The Kier molecular flexibility index (Phi) is 7.36. The smallest absolute Gasteiger partial charge is 0.262 e. The molecule has 37 heavy (non-hydrogen) atoms. The number of benzene rings is 2. The van der Waals surface area contributed by atoms with E-state index in [-0.39, 0.29) is 29.6 Å². The van der Waals surface area contributed by atoms with E-state index < -0.39 is 10.0 Å². The van der Waals surface area contributed by atoms with Crippen LogP contribution in [0.2, 0.25) is 0 Å². The second-order valence-corrected chi connectivity index (χ2v) is 11.5. The number of fused-ring (bicyclic) bond motifs is 1. The second kappa shape index (κ2) is 10.7. The normalized spacial score (nSPS) is 22.6. The highest BCUT2D eigenvalue weighted by Crippen LogP contribution is 2.42. The maximum Gasteiger partial charge on any atom is 0.262 e. The Hall–Kier alpha value is -3.16. The summed E-state index contributed by atoms with van der Waals surface area (Å²) in [6.45, 7) is 1.74. The summed E-state index contributed by atoms with van der Waals surface area (Å²) in [6.07, 6.45) is 4.72. The van der Waals surface area contributed by atoms with Crippen LogP contribution in [0.5, 0.6) is 5.75 Å². The largest absolute Gasteiger partial charge is 0.497 e. The first-order valence-corrected chi connectivity index (χ1v) is 14.0. The van der Waals surface area contributed by atoms with Gasteiger partial charge in [-0.15, -0.1) is 0 Å². The average Bonchev–Trinajstić information content (AvgIpc) is 3.34. The van der Waals surface area contributed by atoms with Crippen LogP contribution in [0.15, 0.2) is 66.1 Å². The first-order chi connectivity index (χ1) is 17.9. The molecule has 2 fully saturated rings. The molecule has 3 atom stereocenters. The fourth-order valence-corrected chi connectivity index (χ4v) is 6.85. The van der Waals surface area contributed by atoms with Gasteiger partial charge in [0, 0.05) is 55.5 Å². The number of nitrogens with zero attached hydrogens (tertiary/aromatic N) is 4. The van der Waals surface area contributed by atoms with Crippen LogP contribution >= 0.6 is 0 Å². The molecule has 2 aliphatic rings. The minimum Gasteiger partial charge on any atom is -0.497 e. The number of rotatable bonds is 5. The molecule has 0 bridgehead atoms. The molecule has 8 nitrogen and oxygen atoms in total. The predicted octanol–water partition coefficient (Wildman–Crippen LogP) is 2.44. The molecular weight excluding hydrogens is 488 g/mol. The number of aromatic nitrogens is 2. The molecule has 5 rings (SSSR count). The molecular formula is C28H32N4O4S. The molecule has 9 heteroatoms. The van der Waals surface area contributed by atoms with Gasteiger partial charge in [-0.05, 0) is 61.3 Å². The molecule has 2 aromatic carbocycles. The summed E-state index contributed by atoms with van der Waals surface area (Å²) in [6, 6.07) is 15.7. The van der Waals surface area contributed by atoms with Crippen molar-refractivity contribution in [2.75, 3.05) is 33.4 Å². The molecule has 2 saturated heterocycles. The number of aliphatic hydroxyl groups is 1. The number of hydrogen-bond acceptors (Lipinski definition) is 6. The van der Waals surface area contributed by atoms with Gasteiger partial charge in [0.05, 0.1) is 20.0 Å². The molecule has 2 aliphatic heterocycles. The second-order valence-electron chi connectivity index (χ2n) is 9.63. The van der Waals surface area contributed by atoms with Crippen molar-refractivity contribution in [3.63, 3.8) is 0 Å². The first-order valence-electron chi connectivity index (χ1n) is 12.5. The number of methoxy groups -OCH3 is 1. The lowest BCUT2D eigenvalue weighted by Crippen LogP contribution is -2.67. The van der Waals surface area contributed by atoms with E-state index in [0.29, 0.717) is 13.1 Å². The van der Waals surface area contributed by atoms with Crippen molar-refractivity contribution in [3.8, 4) is 17.6 Å². The monoisotopic (exact) mass is 520 g/mol. The Labute approximate surface area is 218 Å². The minimum absolute atomic E-state index is 0.00725. The Bertz CT molecular complexity index is 1390. The lowest BCUT2D eigenvalue weighted by atomic mass is 9.74. The third-order valence-corrected chi connectivity index (χ3v) is 9.11. The summed E-state index contributed by atoms with van der Waals surface area (Å²) in [5, 5.41) is 10.3. The highest BCUT2D eigenvalue weighted by Gasteiger charge is 2.50. The van der Waals surface area contributed by atoms with E-state index in [4.69, 9.17) is 4.74 Å². The molecule has 0 spiro atoms. The van der Waals surface area contributed by atoms with Crippen LogP contribution in [-0.2, 0) is 17.1 Å². The van der Waals surface area contributed by atoms with Crippen molar-refractivity contribution in [1.29, 1.82) is 0 Å². The fraction of sp³-hybridized carbons (Fsp3) is 0.393. The molecule has 3 aromatic rings.